The second kappa shape index (κ2) is 7.48. The maximum Gasteiger partial charge on any atom is 0.343 e. The van der Waals surface area contributed by atoms with Crippen molar-refractivity contribution in [2.45, 2.75) is 43.6 Å². The van der Waals surface area contributed by atoms with Gasteiger partial charge >= 0.3 is 5.69 Å². The maximum absolute atomic E-state index is 12.0. The van der Waals surface area contributed by atoms with Gasteiger partial charge in [-0.15, -0.1) is 15.3 Å². The summed E-state index contributed by atoms with van der Waals surface area (Å²) < 4.78 is 7.22. The second-order valence-corrected chi connectivity index (χ2v) is 6.65. The van der Waals surface area contributed by atoms with Gasteiger partial charge in [-0.25, -0.2) is 9.89 Å². The van der Waals surface area contributed by atoms with Gasteiger partial charge in [0.05, 0.1) is 5.25 Å². The number of nitrogens with zero attached hydrogens (tertiary/aromatic N) is 4. The number of rotatable bonds is 7. The third-order valence-corrected chi connectivity index (χ3v) is 4.68. The first-order valence-corrected chi connectivity index (χ1v) is 8.73. The molecule has 1 atom stereocenters. The highest BCUT2D eigenvalue weighted by Crippen LogP contribution is 2.32. The van der Waals surface area contributed by atoms with E-state index in [9.17, 15) is 4.79 Å². The molecule has 0 bridgehead atoms. The first-order chi connectivity index (χ1) is 11.7. The molecule has 0 fully saturated rings. The Morgan fingerprint density at radius 2 is 2.08 bits per heavy atom. The number of aryl methyl sites for hydroxylation is 2. The van der Waals surface area contributed by atoms with Gasteiger partial charge in [0.25, 0.3) is 0 Å². The van der Waals surface area contributed by atoms with E-state index in [2.05, 4.69) is 20.4 Å². The number of benzene rings is 1. The van der Waals surface area contributed by atoms with Gasteiger partial charge in [-0.05, 0) is 18.9 Å². The summed E-state index contributed by atoms with van der Waals surface area (Å²) in [5.41, 5.74) is 0.972. The van der Waals surface area contributed by atoms with Gasteiger partial charge < -0.3 is 4.42 Å². The summed E-state index contributed by atoms with van der Waals surface area (Å²) in [6.07, 6.45) is 1.47. The lowest BCUT2D eigenvalue weighted by Crippen LogP contribution is -2.19. The smallest absolute Gasteiger partial charge is 0.343 e. The molecule has 2 heterocycles. The van der Waals surface area contributed by atoms with Crippen LogP contribution in [0.1, 0.15) is 36.4 Å². The molecular weight excluding hydrogens is 326 g/mol. The molecule has 8 heteroatoms. The monoisotopic (exact) mass is 345 g/mol. The molecule has 1 aromatic carbocycles. The molecule has 0 spiro atoms. The predicted molar refractivity (Wildman–Crippen MR) is 90.9 cm³/mol. The summed E-state index contributed by atoms with van der Waals surface area (Å²) in [6, 6.07) is 10.1. The minimum atomic E-state index is -0.208. The Morgan fingerprint density at radius 3 is 2.79 bits per heavy atom. The molecule has 0 saturated carbocycles. The van der Waals surface area contributed by atoms with E-state index in [1.807, 2.05) is 44.2 Å². The van der Waals surface area contributed by atoms with Gasteiger partial charge in [-0.3, -0.25) is 4.57 Å². The van der Waals surface area contributed by atoms with Gasteiger partial charge in [-0.2, -0.15) is 0 Å². The van der Waals surface area contributed by atoms with Crippen LogP contribution in [0, 0.1) is 0 Å². The Morgan fingerprint density at radius 1 is 1.29 bits per heavy atom. The topological polar surface area (TPSA) is 89.6 Å². The zero-order chi connectivity index (χ0) is 16.9. The van der Waals surface area contributed by atoms with Crippen LogP contribution in [0.5, 0.6) is 0 Å². The largest absolute Gasteiger partial charge is 0.424 e. The SMILES string of the molecule is CCc1nnc(C(C)Sc2n[nH]c(=O)n2CCc2ccccc2)o1. The van der Waals surface area contributed by atoms with Crippen LogP contribution in [0.3, 0.4) is 0 Å². The predicted octanol–water partition coefficient (Wildman–Crippen LogP) is 2.61. The molecule has 3 aromatic rings. The minimum Gasteiger partial charge on any atom is -0.424 e. The quantitative estimate of drug-likeness (QED) is 0.662. The molecule has 1 unspecified atom stereocenters. The zero-order valence-electron chi connectivity index (χ0n) is 13.6. The molecule has 0 aliphatic carbocycles. The van der Waals surface area contributed by atoms with Crippen molar-refractivity contribution in [1.82, 2.24) is 25.0 Å². The Kier molecular flexibility index (Phi) is 5.14. The number of thioether (sulfide) groups is 1. The van der Waals surface area contributed by atoms with Crippen LogP contribution in [0.2, 0.25) is 0 Å². The summed E-state index contributed by atoms with van der Waals surface area (Å²) in [7, 11) is 0. The average Bonchev–Trinajstić information content (AvgIpc) is 3.21. The van der Waals surface area contributed by atoms with Crippen molar-refractivity contribution in [2.24, 2.45) is 0 Å². The van der Waals surface area contributed by atoms with Gasteiger partial charge in [-0.1, -0.05) is 49.0 Å². The standard InChI is InChI=1S/C16H19N5O2S/c1-3-13-17-18-14(23-13)11(2)24-16-20-19-15(22)21(16)10-9-12-7-5-4-6-8-12/h4-8,11H,3,9-10H2,1-2H3,(H,19,22). The molecule has 1 N–H and O–H groups in total. The molecule has 3 rings (SSSR count). The summed E-state index contributed by atoms with van der Waals surface area (Å²) in [5, 5.41) is 15.2. The molecular formula is C16H19N5O2S. The highest BCUT2D eigenvalue weighted by Gasteiger charge is 2.19. The van der Waals surface area contributed by atoms with Crippen LogP contribution in [0.25, 0.3) is 0 Å². The van der Waals surface area contributed by atoms with E-state index < -0.39 is 0 Å². The first kappa shape index (κ1) is 16.5. The minimum absolute atomic E-state index is 0.0801. The molecule has 0 saturated heterocycles. The molecule has 0 aliphatic heterocycles. The number of aromatic amines is 1. The maximum atomic E-state index is 12.0. The second-order valence-electron chi connectivity index (χ2n) is 5.35. The van der Waals surface area contributed by atoms with Gasteiger partial charge in [0.1, 0.15) is 0 Å². The van der Waals surface area contributed by atoms with E-state index in [0.29, 0.717) is 29.9 Å². The molecule has 0 aliphatic rings. The van der Waals surface area contributed by atoms with Crippen molar-refractivity contribution in [1.29, 1.82) is 0 Å². The third-order valence-electron chi connectivity index (χ3n) is 3.61. The van der Waals surface area contributed by atoms with Crippen LogP contribution in [-0.2, 0) is 19.4 Å². The van der Waals surface area contributed by atoms with Gasteiger partial charge in [0.15, 0.2) is 5.16 Å². The van der Waals surface area contributed by atoms with Crippen LogP contribution in [0.15, 0.2) is 44.7 Å². The summed E-state index contributed by atoms with van der Waals surface area (Å²) >= 11 is 1.43. The lowest BCUT2D eigenvalue weighted by Gasteiger charge is -2.08. The highest BCUT2D eigenvalue weighted by molar-refractivity contribution is 7.99. The lowest BCUT2D eigenvalue weighted by atomic mass is 10.1. The molecule has 0 amide bonds. The van der Waals surface area contributed by atoms with Crippen LogP contribution in [-0.4, -0.2) is 25.0 Å². The summed E-state index contributed by atoms with van der Waals surface area (Å²) in [6.45, 7) is 4.49. The van der Waals surface area contributed by atoms with E-state index in [1.54, 1.807) is 4.57 Å². The number of nitrogens with one attached hydrogen (secondary N) is 1. The van der Waals surface area contributed by atoms with Crippen molar-refractivity contribution in [3.63, 3.8) is 0 Å². The Bertz CT molecular complexity index is 840. The van der Waals surface area contributed by atoms with E-state index in [4.69, 9.17) is 4.42 Å². The van der Waals surface area contributed by atoms with Gasteiger partial charge in [0.2, 0.25) is 11.8 Å². The van der Waals surface area contributed by atoms with Crippen LogP contribution in [0.4, 0.5) is 0 Å². The number of H-pyrrole nitrogens is 1. The van der Waals surface area contributed by atoms with E-state index in [1.165, 1.54) is 17.3 Å². The number of hydrogen-bond donors (Lipinski definition) is 1. The van der Waals surface area contributed by atoms with Crippen LogP contribution >= 0.6 is 11.8 Å². The fourth-order valence-corrected chi connectivity index (χ4v) is 3.17. The number of hydrogen-bond acceptors (Lipinski definition) is 6. The average molecular weight is 345 g/mol. The Balaban J connectivity index is 1.71. The normalized spacial score (nSPS) is 12.4. The summed E-state index contributed by atoms with van der Waals surface area (Å²) in [4.78, 5) is 12.0. The molecule has 0 radical (unpaired) electrons. The fourth-order valence-electron chi connectivity index (χ4n) is 2.26. The van der Waals surface area contributed by atoms with Crippen molar-refractivity contribution >= 4 is 11.8 Å². The van der Waals surface area contributed by atoms with Crippen LogP contribution < -0.4 is 5.69 Å². The summed E-state index contributed by atoms with van der Waals surface area (Å²) in [5.74, 6) is 1.16. The first-order valence-electron chi connectivity index (χ1n) is 7.85. The molecule has 2 aromatic heterocycles. The van der Waals surface area contributed by atoms with Crippen molar-refractivity contribution in [2.75, 3.05) is 0 Å². The van der Waals surface area contributed by atoms with E-state index in [0.717, 1.165) is 6.42 Å². The molecule has 24 heavy (non-hydrogen) atoms. The van der Waals surface area contributed by atoms with Gasteiger partial charge in [0, 0.05) is 13.0 Å². The fraction of sp³-hybridized carbons (Fsp3) is 0.375. The Hall–Kier alpha value is -2.35. The van der Waals surface area contributed by atoms with E-state index in [-0.39, 0.29) is 10.9 Å². The van der Waals surface area contributed by atoms with Crippen molar-refractivity contribution in [3.05, 3.63) is 58.2 Å². The lowest BCUT2D eigenvalue weighted by molar-refractivity contribution is 0.455. The zero-order valence-corrected chi connectivity index (χ0v) is 14.4. The van der Waals surface area contributed by atoms with E-state index >= 15 is 0 Å². The molecule has 126 valence electrons. The van der Waals surface area contributed by atoms with Crippen molar-refractivity contribution in [3.8, 4) is 0 Å². The number of aromatic nitrogens is 5. The van der Waals surface area contributed by atoms with Crippen molar-refractivity contribution < 1.29 is 4.42 Å². The third kappa shape index (κ3) is 3.76. The highest BCUT2D eigenvalue weighted by atomic mass is 32.2. The molecule has 7 nitrogen and oxygen atoms in total. The Labute approximate surface area is 143 Å².